The van der Waals surface area contributed by atoms with Crippen LogP contribution in [0.2, 0.25) is 5.02 Å². The molecule has 1 aromatic rings. The van der Waals surface area contributed by atoms with E-state index in [2.05, 4.69) is 22.6 Å². The van der Waals surface area contributed by atoms with Gasteiger partial charge in [0, 0.05) is 8.59 Å². The highest BCUT2D eigenvalue weighted by atomic mass is 127. The van der Waals surface area contributed by atoms with Crippen molar-refractivity contribution in [2.45, 2.75) is 13.3 Å². The minimum absolute atomic E-state index is 0.215. The molecule has 0 radical (unpaired) electrons. The Morgan fingerprint density at radius 3 is 2.93 bits per heavy atom. The number of carbonyl (C=O) groups is 1. The molecule has 0 aromatic heterocycles. The molecule has 0 bridgehead atoms. The fraction of sp³-hybridized carbons (Fsp3) is 0.300. The van der Waals surface area contributed by atoms with Gasteiger partial charge in [0.25, 0.3) is 0 Å². The number of carbonyl (C=O) groups excluding carboxylic acids is 1. The Balaban J connectivity index is 2.75. The molecule has 0 saturated heterocycles. The van der Waals surface area contributed by atoms with Gasteiger partial charge in [-0.1, -0.05) is 11.6 Å². The molecule has 0 aliphatic carbocycles. The lowest BCUT2D eigenvalue weighted by Gasteiger charge is -2.04. The predicted molar refractivity (Wildman–Crippen MR) is 64.5 cm³/mol. The number of esters is 1. The summed E-state index contributed by atoms with van der Waals surface area (Å²) in [4.78, 5) is 11.2. The van der Waals surface area contributed by atoms with Gasteiger partial charge >= 0.3 is 5.97 Å². The van der Waals surface area contributed by atoms with Crippen LogP contribution in [0, 0.1) is 3.57 Å². The standard InChI is InChI=1S/C10H10ClIO2/c1-2-14-10(13)6-7-5-8(11)3-4-9(7)12/h3-5H,2,6H2,1H3. The molecule has 1 rings (SSSR count). The highest BCUT2D eigenvalue weighted by molar-refractivity contribution is 14.1. The lowest BCUT2D eigenvalue weighted by atomic mass is 10.1. The molecule has 1 aromatic carbocycles. The Labute approximate surface area is 102 Å². The molecule has 0 amide bonds. The van der Waals surface area contributed by atoms with Gasteiger partial charge in [-0.25, -0.2) is 0 Å². The van der Waals surface area contributed by atoms with Crippen molar-refractivity contribution in [2.24, 2.45) is 0 Å². The number of rotatable bonds is 3. The van der Waals surface area contributed by atoms with Crippen LogP contribution in [0.25, 0.3) is 0 Å². The molecule has 14 heavy (non-hydrogen) atoms. The first kappa shape index (κ1) is 11.8. The first-order chi connectivity index (χ1) is 6.63. The fourth-order valence-corrected chi connectivity index (χ4v) is 1.77. The molecule has 0 N–H and O–H groups in total. The van der Waals surface area contributed by atoms with Gasteiger partial charge in [0.05, 0.1) is 13.0 Å². The summed E-state index contributed by atoms with van der Waals surface area (Å²) >= 11 is 7.99. The van der Waals surface area contributed by atoms with Gasteiger partial charge in [-0.05, 0) is 53.3 Å². The summed E-state index contributed by atoms with van der Waals surface area (Å²) in [7, 11) is 0. The third-order valence-corrected chi connectivity index (χ3v) is 2.94. The molecule has 0 atom stereocenters. The maximum Gasteiger partial charge on any atom is 0.310 e. The molecule has 0 unspecified atom stereocenters. The number of benzene rings is 1. The minimum Gasteiger partial charge on any atom is -0.466 e. The fourth-order valence-electron chi connectivity index (χ4n) is 1.05. The van der Waals surface area contributed by atoms with Crippen LogP contribution in [-0.2, 0) is 16.0 Å². The second-order valence-electron chi connectivity index (χ2n) is 2.72. The van der Waals surface area contributed by atoms with E-state index in [9.17, 15) is 4.79 Å². The Morgan fingerprint density at radius 2 is 2.29 bits per heavy atom. The van der Waals surface area contributed by atoms with Gasteiger partial charge in [0.15, 0.2) is 0 Å². The van der Waals surface area contributed by atoms with Crippen molar-refractivity contribution in [3.8, 4) is 0 Å². The average Bonchev–Trinajstić information content (AvgIpc) is 2.12. The number of hydrogen-bond acceptors (Lipinski definition) is 2. The summed E-state index contributed by atoms with van der Waals surface area (Å²) in [5.74, 6) is -0.215. The molecule has 0 aliphatic rings. The van der Waals surface area contributed by atoms with Crippen molar-refractivity contribution in [3.63, 3.8) is 0 Å². The van der Waals surface area contributed by atoms with Crippen LogP contribution in [-0.4, -0.2) is 12.6 Å². The van der Waals surface area contributed by atoms with Crippen LogP contribution in [0.1, 0.15) is 12.5 Å². The minimum atomic E-state index is -0.215. The Morgan fingerprint density at radius 1 is 1.57 bits per heavy atom. The second-order valence-corrected chi connectivity index (χ2v) is 4.32. The van der Waals surface area contributed by atoms with E-state index in [1.807, 2.05) is 6.07 Å². The molecule has 4 heteroatoms. The van der Waals surface area contributed by atoms with E-state index in [0.717, 1.165) is 9.13 Å². The third kappa shape index (κ3) is 3.46. The molecule has 76 valence electrons. The van der Waals surface area contributed by atoms with Gasteiger partial charge in [-0.15, -0.1) is 0 Å². The summed E-state index contributed by atoms with van der Waals surface area (Å²) in [5, 5.41) is 0.643. The van der Waals surface area contributed by atoms with E-state index >= 15 is 0 Å². The maximum absolute atomic E-state index is 11.2. The van der Waals surface area contributed by atoms with E-state index in [4.69, 9.17) is 16.3 Å². The quantitative estimate of drug-likeness (QED) is 0.631. The van der Waals surface area contributed by atoms with Crippen LogP contribution in [0.5, 0.6) is 0 Å². The van der Waals surface area contributed by atoms with E-state index in [0.29, 0.717) is 11.6 Å². The number of halogens is 2. The molecular weight excluding hydrogens is 314 g/mol. The molecule has 0 saturated carbocycles. The van der Waals surface area contributed by atoms with Crippen LogP contribution >= 0.6 is 34.2 Å². The lowest BCUT2D eigenvalue weighted by Crippen LogP contribution is -2.08. The second kappa shape index (κ2) is 5.56. The molecule has 2 nitrogen and oxygen atoms in total. The Kier molecular flexibility index (Phi) is 4.68. The van der Waals surface area contributed by atoms with Gasteiger partial charge in [-0.3, -0.25) is 4.79 Å². The zero-order valence-corrected chi connectivity index (χ0v) is 10.6. The van der Waals surface area contributed by atoms with Gasteiger partial charge in [-0.2, -0.15) is 0 Å². The van der Waals surface area contributed by atoms with E-state index < -0.39 is 0 Å². The summed E-state index contributed by atoms with van der Waals surface area (Å²) in [5.41, 5.74) is 0.913. The summed E-state index contributed by atoms with van der Waals surface area (Å²) in [6.45, 7) is 2.21. The van der Waals surface area contributed by atoms with Crippen molar-refractivity contribution in [1.29, 1.82) is 0 Å². The number of hydrogen-bond donors (Lipinski definition) is 0. The summed E-state index contributed by atoms with van der Waals surface area (Å²) in [6.07, 6.45) is 0.284. The van der Waals surface area contributed by atoms with Crippen molar-refractivity contribution >= 4 is 40.2 Å². The first-order valence-corrected chi connectivity index (χ1v) is 5.68. The van der Waals surface area contributed by atoms with Crippen molar-refractivity contribution in [1.82, 2.24) is 0 Å². The topological polar surface area (TPSA) is 26.3 Å². The van der Waals surface area contributed by atoms with Gasteiger partial charge in [0.1, 0.15) is 0 Å². The normalized spacial score (nSPS) is 9.93. The van der Waals surface area contributed by atoms with Crippen LogP contribution in [0.3, 0.4) is 0 Å². The highest BCUT2D eigenvalue weighted by Crippen LogP contribution is 2.18. The summed E-state index contributed by atoms with van der Waals surface area (Å²) < 4.78 is 5.88. The largest absolute Gasteiger partial charge is 0.466 e. The third-order valence-electron chi connectivity index (χ3n) is 1.65. The van der Waals surface area contributed by atoms with Crippen molar-refractivity contribution in [2.75, 3.05) is 6.61 Å². The molecule has 0 spiro atoms. The summed E-state index contributed by atoms with van der Waals surface area (Å²) in [6, 6.07) is 5.48. The van der Waals surface area contributed by atoms with Crippen LogP contribution in [0.4, 0.5) is 0 Å². The molecular formula is C10H10ClIO2. The van der Waals surface area contributed by atoms with E-state index in [1.165, 1.54) is 0 Å². The first-order valence-electron chi connectivity index (χ1n) is 4.23. The van der Waals surface area contributed by atoms with Crippen molar-refractivity contribution in [3.05, 3.63) is 32.4 Å². The lowest BCUT2D eigenvalue weighted by molar-refractivity contribution is -0.142. The average molecular weight is 325 g/mol. The monoisotopic (exact) mass is 324 g/mol. The van der Waals surface area contributed by atoms with Crippen LogP contribution < -0.4 is 0 Å². The Hall–Kier alpha value is -0.290. The Bertz CT molecular complexity index is 339. The van der Waals surface area contributed by atoms with Gasteiger partial charge < -0.3 is 4.74 Å². The number of ether oxygens (including phenoxy) is 1. The maximum atomic E-state index is 11.2. The smallest absolute Gasteiger partial charge is 0.310 e. The van der Waals surface area contributed by atoms with Crippen molar-refractivity contribution < 1.29 is 9.53 Å². The molecule has 0 aliphatic heterocycles. The molecule has 0 fully saturated rings. The van der Waals surface area contributed by atoms with E-state index in [1.54, 1.807) is 19.1 Å². The molecule has 0 heterocycles. The predicted octanol–water partition coefficient (Wildman–Crippen LogP) is 3.05. The highest BCUT2D eigenvalue weighted by Gasteiger charge is 2.07. The van der Waals surface area contributed by atoms with Crippen LogP contribution in [0.15, 0.2) is 18.2 Å². The SMILES string of the molecule is CCOC(=O)Cc1cc(Cl)ccc1I. The zero-order valence-electron chi connectivity index (χ0n) is 7.72. The van der Waals surface area contributed by atoms with E-state index in [-0.39, 0.29) is 12.4 Å². The zero-order chi connectivity index (χ0) is 10.6. The van der Waals surface area contributed by atoms with Gasteiger partial charge in [0.2, 0.25) is 0 Å².